The number of hydrogen-bond acceptors (Lipinski definition) is 2. The molecule has 0 spiro atoms. The largest absolute Gasteiger partial charge is 0.393 e. The smallest absolute Gasteiger partial charge is 0.0598 e. The van der Waals surface area contributed by atoms with Crippen LogP contribution in [0, 0.1) is 11.8 Å². The predicted octanol–water partition coefficient (Wildman–Crippen LogP) is 3.38. The summed E-state index contributed by atoms with van der Waals surface area (Å²) in [5, 5.41) is 9.96. The van der Waals surface area contributed by atoms with Crippen molar-refractivity contribution >= 4 is 0 Å². The Hall–Kier alpha value is -0.0800. The van der Waals surface area contributed by atoms with Crippen LogP contribution in [0.15, 0.2) is 0 Å². The fourth-order valence-electron chi connectivity index (χ4n) is 2.54. The summed E-state index contributed by atoms with van der Waals surface area (Å²) in [5.74, 6) is 1.28. The van der Waals surface area contributed by atoms with Gasteiger partial charge in [0.05, 0.1) is 11.7 Å². The molecule has 1 saturated carbocycles. The standard InChI is InChI=1S/C14H28O2/c1-5-11-6-7-13(15)12(10-11)8-9-16-14(2,3)4/h11-13,15H,5-10H2,1-4H3. The van der Waals surface area contributed by atoms with E-state index < -0.39 is 0 Å². The number of hydrogen-bond donors (Lipinski definition) is 1. The summed E-state index contributed by atoms with van der Waals surface area (Å²) in [5.41, 5.74) is -0.0518. The molecule has 0 saturated heterocycles. The Morgan fingerprint density at radius 1 is 1.25 bits per heavy atom. The maximum atomic E-state index is 9.96. The molecule has 1 fully saturated rings. The highest BCUT2D eigenvalue weighted by Gasteiger charge is 2.28. The summed E-state index contributed by atoms with van der Waals surface area (Å²) >= 11 is 0. The third-order valence-corrected chi connectivity index (χ3v) is 3.65. The van der Waals surface area contributed by atoms with E-state index in [1.54, 1.807) is 0 Å². The van der Waals surface area contributed by atoms with Crippen molar-refractivity contribution < 1.29 is 9.84 Å². The molecule has 2 heteroatoms. The van der Waals surface area contributed by atoms with E-state index in [1.165, 1.54) is 19.3 Å². The second kappa shape index (κ2) is 6.02. The third-order valence-electron chi connectivity index (χ3n) is 3.65. The Morgan fingerprint density at radius 3 is 2.50 bits per heavy atom. The van der Waals surface area contributed by atoms with Gasteiger partial charge in [-0.15, -0.1) is 0 Å². The number of ether oxygens (including phenoxy) is 1. The molecule has 0 radical (unpaired) electrons. The minimum Gasteiger partial charge on any atom is -0.393 e. The molecule has 0 heterocycles. The van der Waals surface area contributed by atoms with Crippen molar-refractivity contribution in [3.8, 4) is 0 Å². The normalized spacial score (nSPS) is 31.7. The first-order valence-corrected chi connectivity index (χ1v) is 6.74. The van der Waals surface area contributed by atoms with Crippen molar-refractivity contribution in [3.63, 3.8) is 0 Å². The summed E-state index contributed by atoms with van der Waals surface area (Å²) in [6.07, 6.45) is 5.54. The van der Waals surface area contributed by atoms with Crippen molar-refractivity contribution in [2.45, 2.75) is 71.5 Å². The van der Waals surface area contributed by atoms with Gasteiger partial charge < -0.3 is 9.84 Å². The molecule has 1 aliphatic carbocycles. The number of aliphatic hydroxyl groups excluding tert-OH is 1. The first-order chi connectivity index (χ1) is 7.42. The van der Waals surface area contributed by atoms with Crippen LogP contribution in [-0.4, -0.2) is 23.4 Å². The molecule has 96 valence electrons. The molecule has 3 unspecified atom stereocenters. The summed E-state index contributed by atoms with van der Waals surface area (Å²) in [6, 6.07) is 0. The van der Waals surface area contributed by atoms with Gasteiger partial charge in [0.1, 0.15) is 0 Å². The van der Waals surface area contributed by atoms with E-state index in [-0.39, 0.29) is 11.7 Å². The van der Waals surface area contributed by atoms with Crippen molar-refractivity contribution in [3.05, 3.63) is 0 Å². The van der Waals surface area contributed by atoms with Gasteiger partial charge in [0.25, 0.3) is 0 Å². The lowest BCUT2D eigenvalue weighted by Crippen LogP contribution is -2.31. The molecule has 1 aliphatic rings. The monoisotopic (exact) mass is 228 g/mol. The minimum atomic E-state index is -0.0913. The van der Waals surface area contributed by atoms with Crippen LogP contribution < -0.4 is 0 Å². The van der Waals surface area contributed by atoms with Crippen molar-refractivity contribution in [2.75, 3.05) is 6.61 Å². The van der Waals surface area contributed by atoms with Crippen LogP contribution in [0.1, 0.15) is 59.8 Å². The molecule has 1 rings (SSSR count). The van der Waals surface area contributed by atoms with Gasteiger partial charge in [0, 0.05) is 6.61 Å². The van der Waals surface area contributed by atoms with Gasteiger partial charge in [0.2, 0.25) is 0 Å². The maximum absolute atomic E-state index is 9.96. The molecule has 0 aliphatic heterocycles. The molecule has 2 nitrogen and oxygen atoms in total. The summed E-state index contributed by atoms with van der Waals surface area (Å²) < 4.78 is 5.74. The molecular weight excluding hydrogens is 200 g/mol. The van der Waals surface area contributed by atoms with Gasteiger partial charge in [-0.05, 0) is 58.3 Å². The Kier molecular flexibility index (Phi) is 5.26. The molecule has 0 bridgehead atoms. The second-order valence-electron chi connectivity index (χ2n) is 6.16. The molecule has 3 atom stereocenters. The van der Waals surface area contributed by atoms with E-state index in [2.05, 4.69) is 27.7 Å². The van der Waals surface area contributed by atoms with E-state index in [4.69, 9.17) is 4.74 Å². The lowest BCUT2D eigenvalue weighted by atomic mass is 9.77. The quantitative estimate of drug-likeness (QED) is 0.799. The van der Waals surface area contributed by atoms with E-state index in [1.807, 2.05) is 0 Å². The average Bonchev–Trinajstić information content (AvgIpc) is 2.19. The summed E-state index contributed by atoms with van der Waals surface area (Å²) in [4.78, 5) is 0. The minimum absolute atomic E-state index is 0.0518. The van der Waals surface area contributed by atoms with Crippen LogP contribution in [0.4, 0.5) is 0 Å². The van der Waals surface area contributed by atoms with Crippen molar-refractivity contribution in [1.82, 2.24) is 0 Å². The Balaban J connectivity index is 2.28. The molecule has 1 N–H and O–H groups in total. The van der Waals surface area contributed by atoms with Crippen LogP contribution in [-0.2, 0) is 4.74 Å². The van der Waals surface area contributed by atoms with E-state index >= 15 is 0 Å². The van der Waals surface area contributed by atoms with E-state index in [0.29, 0.717) is 5.92 Å². The van der Waals surface area contributed by atoms with Gasteiger partial charge in [-0.1, -0.05) is 13.3 Å². The molecule has 16 heavy (non-hydrogen) atoms. The summed E-state index contributed by atoms with van der Waals surface area (Å²) in [6.45, 7) is 9.28. The zero-order valence-electron chi connectivity index (χ0n) is 11.3. The van der Waals surface area contributed by atoms with Gasteiger partial charge in [-0.25, -0.2) is 0 Å². The maximum Gasteiger partial charge on any atom is 0.0598 e. The SMILES string of the molecule is CCC1CCC(O)C(CCOC(C)(C)C)C1. The van der Waals surface area contributed by atoms with Gasteiger partial charge in [0.15, 0.2) is 0 Å². The molecular formula is C14H28O2. The predicted molar refractivity (Wildman–Crippen MR) is 67.5 cm³/mol. The summed E-state index contributed by atoms with van der Waals surface area (Å²) in [7, 11) is 0. The van der Waals surface area contributed by atoms with Gasteiger partial charge in [-0.3, -0.25) is 0 Å². The van der Waals surface area contributed by atoms with Crippen LogP contribution >= 0.6 is 0 Å². The van der Waals surface area contributed by atoms with Crippen LogP contribution in [0.2, 0.25) is 0 Å². The Bertz CT molecular complexity index is 195. The van der Waals surface area contributed by atoms with E-state index in [0.717, 1.165) is 25.4 Å². The first kappa shape index (κ1) is 14.0. The first-order valence-electron chi connectivity index (χ1n) is 6.74. The van der Waals surface area contributed by atoms with Gasteiger partial charge in [-0.2, -0.15) is 0 Å². The lowest BCUT2D eigenvalue weighted by Gasteiger charge is -2.33. The zero-order chi connectivity index (χ0) is 12.2. The fraction of sp³-hybridized carbons (Fsp3) is 1.00. The second-order valence-corrected chi connectivity index (χ2v) is 6.16. The molecule has 0 amide bonds. The highest BCUT2D eigenvalue weighted by Crippen LogP contribution is 2.33. The number of aliphatic hydroxyl groups is 1. The Morgan fingerprint density at radius 2 is 1.94 bits per heavy atom. The molecule has 0 aromatic rings. The molecule has 0 aromatic carbocycles. The van der Waals surface area contributed by atoms with Gasteiger partial charge >= 0.3 is 0 Å². The van der Waals surface area contributed by atoms with Crippen LogP contribution in [0.25, 0.3) is 0 Å². The number of rotatable bonds is 4. The van der Waals surface area contributed by atoms with Crippen molar-refractivity contribution in [2.24, 2.45) is 11.8 Å². The van der Waals surface area contributed by atoms with Crippen LogP contribution in [0.3, 0.4) is 0 Å². The Labute approximate surface area is 100 Å². The molecule has 0 aromatic heterocycles. The third kappa shape index (κ3) is 4.84. The average molecular weight is 228 g/mol. The lowest BCUT2D eigenvalue weighted by molar-refractivity contribution is -0.0294. The zero-order valence-corrected chi connectivity index (χ0v) is 11.3. The van der Waals surface area contributed by atoms with Crippen LogP contribution in [0.5, 0.6) is 0 Å². The topological polar surface area (TPSA) is 29.5 Å². The highest BCUT2D eigenvalue weighted by molar-refractivity contribution is 4.79. The fourth-order valence-corrected chi connectivity index (χ4v) is 2.54. The van der Waals surface area contributed by atoms with Crippen molar-refractivity contribution in [1.29, 1.82) is 0 Å². The van der Waals surface area contributed by atoms with E-state index in [9.17, 15) is 5.11 Å². The highest BCUT2D eigenvalue weighted by atomic mass is 16.5.